The highest BCUT2D eigenvalue weighted by Gasteiger charge is 2.29. The van der Waals surface area contributed by atoms with Crippen LogP contribution in [0.5, 0.6) is 0 Å². The lowest BCUT2D eigenvalue weighted by Crippen LogP contribution is -2.57. The third-order valence-corrected chi connectivity index (χ3v) is 6.05. The van der Waals surface area contributed by atoms with Crippen molar-refractivity contribution in [2.45, 2.75) is 44.3 Å². The van der Waals surface area contributed by atoms with Gasteiger partial charge in [0.05, 0.1) is 0 Å². The Morgan fingerprint density at radius 1 is 0.526 bits per heavy atom. The van der Waals surface area contributed by atoms with Gasteiger partial charge in [0, 0.05) is 33.2 Å². The Morgan fingerprint density at radius 2 is 0.842 bits per heavy atom. The molecule has 0 fully saturated rings. The van der Waals surface area contributed by atoms with Crippen molar-refractivity contribution in [1.29, 1.82) is 0 Å². The molecule has 8 nitrogen and oxygen atoms in total. The molecule has 4 N–H and O–H groups in total. The van der Waals surface area contributed by atoms with Crippen LogP contribution < -0.4 is 21.3 Å². The highest BCUT2D eigenvalue weighted by Crippen LogP contribution is 2.09. The van der Waals surface area contributed by atoms with Crippen molar-refractivity contribution in [1.82, 2.24) is 21.3 Å². The van der Waals surface area contributed by atoms with E-state index < -0.39 is 29.9 Å². The third kappa shape index (κ3) is 8.89. The van der Waals surface area contributed by atoms with Crippen molar-refractivity contribution in [2.75, 3.05) is 7.05 Å². The number of carbonyl (C=O) groups excluding carboxylic acids is 4. The van der Waals surface area contributed by atoms with Crippen molar-refractivity contribution >= 4 is 23.6 Å². The van der Waals surface area contributed by atoms with E-state index in [1.54, 1.807) is 0 Å². The standard InChI is InChI=1S/C30H34N4O4/c1-21(35)32-26(19-23-14-8-4-9-15-23)29(37)34-27(20-24-16-10-5-11-17-24)30(38)33-25(28(36)31-2)18-22-12-6-3-7-13-22/h3-17,25-27H,18-20H2,1-2H3,(H,31,36)(H,32,35)(H,33,38)(H,34,37)/t25-,26-,27-/m0/s1. The van der Waals surface area contributed by atoms with Crippen LogP contribution in [-0.2, 0) is 38.4 Å². The maximum absolute atomic E-state index is 13.5. The lowest BCUT2D eigenvalue weighted by molar-refractivity contribution is -0.133. The van der Waals surface area contributed by atoms with Gasteiger partial charge in [-0.05, 0) is 16.7 Å². The first-order chi connectivity index (χ1) is 18.4. The summed E-state index contributed by atoms with van der Waals surface area (Å²) in [5.74, 6) is -1.67. The number of benzene rings is 3. The fourth-order valence-electron chi connectivity index (χ4n) is 4.14. The Hall–Kier alpha value is -4.46. The van der Waals surface area contributed by atoms with Crippen LogP contribution in [0.25, 0.3) is 0 Å². The molecular weight excluding hydrogens is 480 g/mol. The van der Waals surface area contributed by atoms with E-state index in [9.17, 15) is 19.2 Å². The Morgan fingerprint density at radius 3 is 1.16 bits per heavy atom. The van der Waals surface area contributed by atoms with E-state index in [1.165, 1.54) is 14.0 Å². The zero-order valence-electron chi connectivity index (χ0n) is 21.6. The van der Waals surface area contributed by atoms with Crippen LogP contribution >= 0.6 is 0 Å². The number of hydrogen-bond donors (Lipinski definition) is 4. The maximum atomic E-state index is 13.5. The van der Waals surface area contributed by atoms with Crippen LogP contribution in [-0.4, -0.2) is 48.8 Å². The third-order valence-electron chi connectivity index (χ3n) is 6.05. The highest BCUT2D eigenvalue weighted by molar-refractivity contribution is 5.94. The summed E-state index contributed by atoms with van der Waals surface area (Å²) in [6, 6.07) is 25.3. The van der Waals surface area contributed by atoms with E-state index in [0.29, 0.717) is 6.42 Å². The van der Waals surface area contributed by atoms with Crippen LogP contribution in [0, 0.1) is 0 Å². The first-order valence-corrected chi connectivity index (χ1v) is 12.6. The zero-order chi connectivity index (χ0) is 27.3. The summed E-state index contributed by atoms with van der Waals surface area (Å²) >= 11 is 0. The number of carbonyl (C=O) groups is 4. The van der Waals surface area contributed by atoms with Crippen LogP contribution in [0.4, 0.5) is 0 Å². The SMILES string of the molecule is CNC(=O)[C@H](Cc1ccccc1)NC(=O)[C@H](Cc1ccccc1)NC(=O)[C@H](Cc1ccccc1)NC(C)=O. The quantitative estimate of drug-likeness (QED) is 0.296. The maximum Gasteiger partial charge on any atom is 0.243 e. The molecular formula is C30H34N4O4. The number of rotatable bonds is 12. The molecule has 0 radical (unpaired) electrons. The summed E-state index contributed by atoms with van der Waals surface area (Å²) in [4.78, 5) is 51.4. The average Bonchev–Trinajstić information content (AvgIpc) is 2.93. The van der Waals surface area contributed by atoms with Gasteiger partial charge in [-0.3, -0.25) is 19.2 Å². The van der Waals surface area contributed by atoms with Crippen molar-refractivity contribution in [2.24, 2.45) is 0 Å². The largest absolute Gasteiger partial charge is 0.357 e. The molecule has 0 spiro atoms. The summed E-state index contributed by atoms with van der Waals surface area (Å²) in [7, 11) is 1.51. The second kappa shape index (κ2) is 14.3. The molecule has 8 heteroatoms. The molecule has 0 unspecified atom stereocenters. The molecule has 3 aromatic carbocycles. The molecule has 3 aromatic rings. The van der Waals surface area contributed by atoms with E-state index in [2.05, 4.69) is 21.3 Å². The molecule has 0 aliphatic carbocycles. The Labute approximate surface area is 223 Å². The minimum absolute atomic E-state index is 0.211. The molecule has 3 atom stereocenters. The molecule has 0 heterocycles. The summed E-state index contributed by atoms with van der Waals surface area (Å²) in [6.45, 7) is 1.34. The van der Waals surface area contributed by atoms with Crippen molar-refractivity contribution < 1.29 is 19.2 Å². The van der Waals surface area contributed by atoms with Gasteiger partial charge < -0.3 is 21.3 Å². The topological polar surface area (TPSA) is 116 Å². The molecule has 0 aromatic heterocycles. The van der Waals surface area contributed by atoms with Crippen molar-refractivity contribution in [3.05, 3.63) is 108 Å². The van der Waals surface area contributed by atoms with Gasteiger partial charge in [-0.1, -0.05) is 91.0 Å². The fourth-order valence-corrected chi connectivity index (χ4v) is 4.14. The number of amides is 4. The molecule has 198 valence electrons. The summed E-state index contributed by atoms with van der Waals surface area (Å²) in [5.41, 5.74) is 2.60. The van der Waals surface area contributed by atoms with Crippen LogP contribution in [0.2, 0.25) is 0 Å². The fraction of sp³-hybridized carbons (Fsp3) is 0.267. The molecule has 0 saturated carbocycles. The monoisotopic (exact) mass is 514 g/mol. The summed E-state index contributed by atoms with van der Waals surface area (Å²) in [5, 5.41) is 10.9. The predicted octanol–water partition coefficient (Wildman–Crippen LogP) is 1.93. The molecule has 4 amide bonds. The number of hydrogen-bond acceptors (Lipinski definition) is 4. The van der Waals surface area contributed by atoms with Gasteiger partial charge in [0.15, 0.2) is 0 Å². The van der Waals surface area contributed by atoms with Gasteiger partial charge >= 0.3 is 0 Å². The molecule has 0 aliphatic heterocycles. The normalized spacial score (nSPS) is 12.9. The second-order valence-corrected chi connectivity index (χ2v) is 9.06. The highest BCUT2D eigenvalue weighted by atomic mass is 16.2. The molecule has 38 heavy (non-hydrogen) atoms. The Balaban J connectivity index is 1.81. The Kier molecular flexibility index (Phi) is 10.6. The van der Waals surface area contributed by atoms with Crippen LogP contribution in [0.15, 0.2) is 91.0 Å². The van der Waals surface area contributed by atoms with Gasteiger partial charge in [-0.15, -0.1) is 0 Å². The molecule has 0 saturated heterocycles. The van der Waals surface area contributed by atoms with E-state index in [0.717, 1.165) is 16.7 Å². The summed E-state index contributed by atoms with van der Waals surface area (Å²) in [6.07, 6.45) is 0.768. The first kappa shape index (κ1) is 28.1. The Bertz CT molecular complexity index is 1200. The molecule has 3 rings (SSSR count). The van der Waals surface area contributed by atoms with Gasteiger partial charge in [-0.25, -0.2) is 0 Å². The predicted molar refractivity (Wildman–Crippen MR) is 146 cm³/mol. The first-order valence-electron chi connectivity index (χ1n) is 12.6. The summed E-state index contributed by atoms with van der Waals surface area (Å²) < 4.78 is 0. The second-order valence-electron chi connectivity index (χ2n) is 9.06. The number of likely N-dealkylation sites (N-methyl/N-ethyl adjacent to an activating group) is 1. The lowest BCUT2D eigenvalue weighted by Gasteiger charge is -2.25. The smallest absolute Gasteiger partial charge is 0.243 e. The van der Waals surface area contributed by atoms with Gasteiger partial charge in [-0.2, -0.15) is 0 Å². The van der Waals surface area contributed by atoms with Crippen LogP contribution in [0.3, 0.4) is 0 Å². The van der Waals surface area contributed by atoms with E-state index in [1.807, 2.05) is 91.0 Å². The van der Waals surface area contributed by atoms with Crippen molar-refractivity contribution in [3.63, 3.8) is 0 Å². The average molecular weight is 515 g/mol. The van der Waals surface area contributed by atoms with Gasteiger partial charge in [0.25, 0.3) is 0 Å². The zero-order valence-corrected chi connectivity index (χ0v) is 21.6. The van der Waals surface area contributed by atoms with Gasteiger partial charge in [0.2, 0.25) is 23.6 Å². The molecule has 0 bridgehead atoms. The van der Waals surface area contributed by atoms with Crippen molar-refractivity contribution in [3.8, 4) is 0 Å². The van der Waals surface area contributed by atoms with E-state index in [-0.39, 0.29) is 24.7 Å². The molecule has 0 aliphatic rings. The van der Waals surface area contributed by atoms with Crippen LogP contribution in [0.1, 0.15) is 23.6 Å². The minimum Gasteiger partial charge on any atom is -0.357 e. The lowest BCUT2D eigenvalue weighted by atomic mass is 10.0. The van der Waals surface area contributed by atoms with Gasteiger partial charge in [0.1, 0.15) is 18.1 Å². The van der Waals surface area contributed by atoms with E-state index >= 15 is 0 Å². The van der Waals surface area contributed by atoms with E-state index in [4.69, 9.17) is 0 Å². The number of nitrogens with one attached hydrogen (secondary N) is 4. The minimum atomic E-state index is -0.972.